The van der Waals surface area contributed by atoms with Gasteiger partial charge in [-0.25, -0.2) is 8.42 Å². The first kappa shape index (κ1) is 16.1. The highest BCUT2D eigenvalue weighted by molar-refractivity contribution is 7.92. The molecular weight excluding hydrogens is 318 g/mol. The minimum absolute atomic E-state index is 0.245. The molecule has 3 aromatic carbocycles. The Morgan fingerprint density at radius 2 is 1.54 bits per heavy atom. The van der Waals surface area contributed by atoms with Gasteiger partial charge < -0.3 is 0 Å². The van der Waals surface area contributed by atoms with E-state index in [4.69, 9.17) is 0 Å². The zero-order valence-corrected chi connectivity index (χ0v) is 14.3. The fourth-order valence-corrected chi connectivity index (χ4v) is 3.63. The third kappa shape index (κ3) is 3.12. The van der Waals surface area contributed by atoms with E-state index >= 15 is 0 Å². The van der Waals surface area contributed by atoms with Crippen molar-refractivity contribution in [1.82, 2.24) is 0 Å². The molecule has 0 aliphatic carbocycles. The van der Waals surface area contributed by atoms with Gasteiger partial charge in [0, 0.05) is 10.9 Å². The molecule has 0 unspecified atom stereocenters. The summed E-state index contributed by atoms with van der Waals surface area (Å²) in [6, 6.07) is 18.0. The van der Waals surface area contributed by atoms with Crippen LogP contribution in [0.3, 0.4) is 0 Å². The molecule has 0 spiro atoms. The molecule has 0 radical (unpaired) electrons. The molecule has 0 saturated carbocycles. The number of sulfonamides is 1. The van der Waals surface area contributed by atoms with E-state index in [1.54, 1.807) is 37.3 Å². The lowest BCUT2D eigenvalue weighted by molar-refractivity contribution is 0.601. The molecular formula is C20H17NO2S. The Morgan fingerprint density at radius 1 is 0.875 bits per heavy atom. The molecule has 0 aliphatic rings. The molecule has 24 heavy (non-hydrogen) atoms. The predicted molar refractivity (Wildman–Crippen MR) is 98.5 cm³/mol. The summed E-state index contributed by atoms with van der Waals surface area (Å²) in [6.45, 7) is 3.70. The van der Waals surface area contributed by atoms with Crippen molar-refractivity contribution in [3.63, 3.8) is 0 Å². The zero-order chi connectivity index (χ0) is 17.2. The highest BCUT2D eigenvalue weighted by Crippen LogP contribution is 2.28. The summed E-state index contributed by atoms with van der Waals surface area (Å²) in [5, 5.41) is 1.75. The van der Waals surface area contributed by atoms with Crippen LogP contribution < -0.4 is 4.72 Å². The number of hydrogen-bond donors (Lipinski definition) is 1. The standard InChI is InChI=1S/C20H17NO2S/c1-3-6-16-11-14-20(19-8-5-4-7-18(16)19)21-24(22,23)17-12-9-15(2)10-13-17/h4-5,7-14,21H,1-2H3. The van der Waals surface area contributed by atoms with Gasteiger partial charge in [-0.15, -0.1) is 5.92 Å². The summed E-state index contributed by atoms with van der Waals surface area (Å²) in [4.78, 5) is 0.245. The number of rotatable bonds is 3. The van der Waals surface area contributed by atoms with Gasteiger partial charge >= 0.3 is 0 Å². The maximum Gasteiger partial charge on any atom is 0.261 e. The molecule has 1 N–H and O–H groups in total. The first-order valence-electron chi connectivity index (χ1n) is 7.55. The number of hydrogen-bond acceptors (Lipinski definition) is 2. The quantitative estimate of drug-likeness (QED) is 0.725. The Balaban J connectivity index is 2.08. The van der Waals surface area contributed by atoms with Crippen LogP contribution in [0.4, 0.5) is 5.69 Å². The van der Waals surface area contributed by atoms with Crippen LogP contribution in [0.2, 0.25) is 0 Å². The first-order valence-corrected chi connectivity index (χ1v) is 9.03. The molecule has 0 atom stereocenters. The highest BCUT2D eigenvalue weighted by atomic mass is 32.2. The van der Waals surface area contributed by atoms with Gasteiger partial charge in [0.15, 0.2) is 0 Å². The predicted octanol–water partition coefficient (Wildman–Crippen LogP) is 4.32. The summed E-state index contributed by atoms with van der Waals surface area (Å²) >= 11 is 0. The second-order valence-electron chi connectivity index (χ2n) is 5.50. The molecule has 3 aromatic rings. The maximum absolute atomic E-state index is 12.6. The number of nitrogens with one attached hydrogen (secondary N) is 1. The van der Waals surface area contributed by atoms with Crippen LogP contribution in [-0.2, 0) is 10.0 Å². The van der Waals surface area contributed by atoms with Crippen molar-refractivity contribution in [2.45, 2.75) is 18.7 Å². The summed E-state index contributed by atoms with van der Waals surface area (Å²) in [5.41, 5.74) is 2.45. The van der Waals surface area contributed by atoms with Crippen molar-refractivity contribution in [2.24, 2.45) is 0 Å². The van der Waals surface area contributed by atoms with Gasteiger partial charge in [0.1, 0.15) is 0 Å². The summed E-state index contributed by atoms with van der Waals surface area (Å²) < 4.78 is 27.9. The fraction of sp³-hybridized carbons (Fsp3) is 0.100. The monoisotopic (exact) mass is 335 g/mol. The zero-order valence-electron chi connectivity index (χ0n) is 13.5. The Labute approximate surface area is 142 Å². The minimum atomic E-state index is -3.63. The normalized spacial score (nSPS) is 10.9. The van der Waals surface area contributed by atoms with Crippen LogP contribution in [-0.4, -0.2) is 8.42 Å². The van der Waals surface area contributed by atoms with E-state index in [9.17, 15) is 8.42 Å². The Hall–Kier alpha value is -2.77. The largest absolute Gasteiger partial charge is 0.279 e. The molecule has 0 heterocycles. The number of benzene rings is 3. The Kier molecular flexibility index (Phi) is 4.28. The SMILES string of the molecule is CC#Cc1ccc(NS(=O)(=O)c2ccc(C)cc2)c2ccccc12. The second-order valence-corrected chi connectivity index (χ2v) is 7.18. The van der Waals surface area contributed by atoms with E-state index in [2.05, 4.69) is 16.6 Å². The molecule has 3 nitrogen and oxygen atoms in total. The molecule has 0 aromatic heterocycles. The average Bonchev–Trinajstić information content (AvgIpc) is 2.57. The van der Waals surface area contributed by atoms with E-state index in [-0.39, 0.29) is 4.90 Å². The fourth-order valence-electron chi connectivity index (χ4n) is 2.55. The molecule has 0 aliphatic heterocycles. The lowest BCUT2D eigenvalue weighted by Gasteiger charge is -2.12. The van der Waals surface area contributed by atoms with Crippen LogP contribution in [0.1, 0.15) is 18.1 Å². The van der Waals surface area contributed by atoms with Gasteiger partial charge in [-0.2, -0.15) is 0 Å². The van der Waals surface area contributed by atoms with Crippen molar-refractivity contribution >= 4 is 26.5 Å². The molecule has 0 bridgehead atoms. The summed E-state index contributed by atoms with van der Waals surface area (Å²) in [7, 11) is -3.63. The highest BCUT2D eigenvalue weighted by Gasteiger charge is 2.15. The van der Waals surface area contributed by atoms with E-state index in [1.165, 1.54) is 0 Å². The molecule has 0 amide bonds. The third-order valence-electron chi connectivity index (χ3n) is 3.76. The lowest BCUT2D eigenvalue weighted by atomic mass is 10.0. The summed E-state index contributed by atoms with van der Waals surface area (Å²) in [6.07, 6.45) is 0. The van der Waals surface area contributed by atoms with Crippen molar-refractivity contribution in [3.05, 3.63) is 71.8 Å². The van der Waals surface area contributed by atoms with Crippen molar-refractivity contribution in [2.75, 3.05) is 4.72 Å². The number of anilines is 1. The van der Waals surface area contributed by atoms with Gasteiger partial charge in [0.2, 0.25) is 0 Å². The molecule has 0 saturated heterocycles. The van der Waals surface area contributed by atoms with Crippen molar-refractivity contribution < 1.29 is 8.42 Å². The van der Waals surface area contributed by atoms with Crippen LogP contribution in [0.5, 0.6) is 0 Å². The van der Waals surface area contributed by atoms with Crippen LogP contribution in [0, 0.1) is 18.8 Å². The number of fused-ring (bicyclic) bond motifs is 1. The summed E-state index contributed by atoms with van der Waals surface area (Å²) in [5.74, 6) is 5.94. The van der Waals surface area contributed by atoms with Crippen LogP contribution in [0.25, 0.3) is 10.8 Å². The van der Waals surface area contributed by atoms with Crippen molar-refractivity contribution in [3.8, 4) is 11.8 Å². The van der Waals surface area contributed by atoms with Crippen LogP contribution in [0.15, 0.2) is 65.6 Å². The van der Waals surface area contributed by atoms with Gasteiger partial charge in [0.05, 0.1) is 10.6 Å². The first-order chi connectivity index (χ1) is 11.5. The molecule has 120 valence electrons. The lowest BCUT2D eigenvalue weighted by Crippen LogP contribution is -2.13. The van der Waals surface area contributed by atoms with E-state index in [0.717, 1.165) is 21.9 Å². The van der Waals surface area contributed by atoms with Gasteiger partial charge in [-0.1, -0.05) is 47.9 Å². The van der Waals surface area contributed by atoms with E-state index in [0.29, 0.717) is 5.69 Å². The average molecular weight is 335 g/mol. The van der Waals surface area contributed by atoms with Crippen molar-refractivity contribution in [1.29, 1.82) is 0 Å². The van der Waals surface area contributed by atoms with Gasteiger partial charge in [0.25, 0.3) is 10.0 Å². The Morgan fingerprint density at radius 3 is 2.21 bits per heavy atom. The van der Waals surface area contributed by atoms with E-state index < -0.39 is 10.0 Å². The Bertz CT molecular complexity index is 1060. The second kappa shape index (κ2) is 6.38. The van der Waals surface area contributed by atoms with Gasteiger partial charge in [-0.3, -0.25) is 4.72 Å². The molecule has 4 heteroatoms. The maximum atomic E-state index is 12.6. The van der Waals surface area contributed by atoms with E-state index in [1.807, 2.05) is 37.3 Å². The topological polar surface area (TPSA) is 46.2 Å². The third-order valence-corrected chi connectivity index (χ3v) is 5.14. The molecule has 3 rings (SSSR count). The minimum Gasteiger partial charge on any atom is -0.279 e. The number of aryl methyl sites for hydroxylation is 1. The smallest absolute Gasteiger partial charge is 0.261 e. The van der Waals surface area contributed by atoms with Crippen LogP contribution >= 0.6 is 0 Å². The van der Waals surface area contributed by atoms with Gasteiger partial charge in [-0.05, 0) is 43.5 Å². The molecule has 0 fully saturated rings.